The van der Waals surface area contributed by atoms with E-state index >= 15 is 0 Å². The van der Waals surface area contributed by atoms with E-state index in [1.807, 2.05) is 48.5 Å². The number of nitrogens with zero attached hydrogens (tertiary/aromatic N) is 1. The number of nitrogens with one attached hydrogen (secondary N) is 2. The van der Waals surface area contributed by atoms with Crippen molar-refractivity contribution in [3.63, 3.8) is 0 Å². The third-order valence-corrected chi connectivity index (χ3v) is 10.3. The highest BCUT2D eigenvalue weighted by Crippen LogP contribution is 2.34. The molecule has 1 aromatic heterocycles. The highest BCUT2D eigenvalue weighted by atomic mass is 32.2. The van der Waals surface area contributed by atoms with Crippen LogP contribution >= 0.6 is 0 Å². The van der Waals surface area contributed by atoms with Gasteiger partial charge in [-0.05, 0) is 72.6 Å². The van der Waals surface area contributed by atoms with Crippen molar-refractivity contribution in [2.75, 3.05) is 19.7 Å². The number of carbonyl (C=O) groups excluding carboxylic acids is 1. The summed E-state index contributed by atoms with van der Waals surface area (Å²) in [7, 11) is -4.00. The molecule has 4 aromatic carbocycles. The van der Waals surface area contributed by atoms with Gasteiger partial charge in [0.1, 0.15) is 17.1 Å². The number of carbonyl (C=O) groups is 1. The Bertz CT molecular complexity index is 1910. The van der Waals surface area contributed by atoms with Crippen LogP contribution < -0.4 is 14.8 Å². The van der Waals surface area contributed by atoms with Crippen LogP contribution in [0.15, 0.2) is 100 Å². The van der Waals surface area contributed by atoms with Crippen LogP contribution in [0.1, 0.15) is 61.1 Å². The van der Waals surface area contributed by atoms with Gasteiger partial charge >= 0.3 is 0 Å². The van der Waals surface area contributed by atoms with E-state index in [2.05, 4.69) is 33.1 Å². The van der Waals surface area contributed by atoms with Gasteiger partial charge in [0, 0.05) is 23.9 Å². The lowest BCUT2D eigenvalue weighted by Crippen LogP contribution is -2.36. The maximum atomic E-state index is 13.7. The summed E-state index contributed by atoms with van der Waals surface area (Å²) < 4.78 is 42.2. The lowest BCUT2D eigenvalue weighted by atomic mass is 9.98. The number of furan rings is 1. The van der Waals surface area contributed by atoms with Gasteiger partial charge in [0.05, 0.1) is 30.0 Å². The average Bonchev–Trinajstić information content (AvgIpc) is 3.49. The second kappa shape index (κ2) is 12.7. The number of amides is 1. The SMILES string of the molecule is O=C(CC(NS(=O)(=O)c1ccc2ccccc2c1)c1cc2ccccc2o1)NC1CCOc2cc(CN3CCCCC3)ccc21. The molecule has 232 valence electrons. The van der Waals surface area contributed by atoms with E-state index in [0.717, 1.165) is 47.1 Å². The number of sulfonamides is 1. The number of hydrogen-bond donors (Lipinski definition) is 2. The first-order valence-corrected chi connectivity index (χ1v) is 17.2. The molecule has 3 heterocycles. The zero-order chi connectivity index (χ0) is 30.8. The molecule has 2 unspecified atom stereocenters. The maximum Gasteiger partial charge on any atom is 0.241 e. The van der Waals surface area contributed by atoms with Gasteiger partial charge in [-0.25, -0.2) is 8.42 Å². The first kappa shape index (κ1) is 29.5. The highest BCUT2D eigenvalue weighted by molar-refractivity contribution is 7.89. The lowest BCUT2D eigenvalue weighted by molar-refractivity contribution is -0.122. The summed E-state index contributed by atoms with van der Waals surface area (Å²) in [6.45, 7) is 3.62. The first-order chi connectivity index (χ1) is 21.9. The molecule has 2 aliphatic heterocycles. The van der Waals surface area contributed by atoms with Crippen LogP contribution in [0.2, 0.25) is 0 Å². The Morgan fingerprint density at radius 1 is 0.867 bits per heavy atom. The second-order valence-corrected chi connectivity index (χ2v) is 13.8. The fraction of sp³-hybridized carbons (Fsp3) is 0.306. The number of rotatable bonds is 9. The third kappa shape index (κ3) is 6.61. The van der Waals surface area contributed by atoms with Crippen LogP contribution in [-0.4, -0.2) is 38.9 Å². The first-order valence-electron chi connectivity index (χ1n) is 15.7. The van der Waals surface area contributed by atoms with E-state index < -0.39 is 16.1 Å². The van der Waals surface area contributed by atoms with Gasteiger partial charge < -0.3 is 14.5 Å². The zero-order valence-electron chi connectivity index (χ0n) is 25.1. The lowest BCUT2D eigenvalue weighted by Gasteiger charge is -2.29. The van der Waals surface area contributed by atoms with Crippen LogP contribution in [0.4, 0.5) is 0 Å². The molecule has 1 saturated heterocycles. The monoisotopic (exact) mass is 623 g/mol. The van der Waals surface area contributed by atoms with Gasteiger partial charge in [0.25, 0.3) is 0 Å². The minimum Gasteiger partial charge on any atom is -0.493 e. The topological polar surface area (TPSA) is 101 Å². The normalized spacial score (nSPS) is 17.9. The molecule has 0 bridgehead atoms. The molecule has 2 N–H and O–H groups in total. The Labute approximate surface area is 263 Å². The quantitative estimate of drug-likeness (QED) is 0.191. The molecule has 0 saturated carbocycles. The predicted octanol–water partition coefficient (Wildman–Crippen LogP) is 6.62. The Morgan fingerprint density at radius 2 is 1.64 bits per heavy atom. The summed E-state index contributed by atoms with van der Waals surface area (Å²) >= 11 is 0. The van der Waals surface area contributed by atoms with E-state index in [1.54, 1.807) is 24.3 Å². The Balaban J connectivity index is 1.11. The zero-order valence-corrected chi connectivity index (χ0v) is 25.9. The highest BCUT2D eigenvalue weighted by Gasteiger charge is 2.29. The fourth-order valence-corrected chi connectivity index (χ4v) is 7.70. The van der Waals surface area contributed by atoms with Crippen molar-refractivity contribution in [1.82, 2.24) is 14.9 Å². The predicted molar refractivity (Wildman–Crippen MR) is 174 cm³/mol. The Hall–Kier alpha value is -4.18. The standard InChI is InChI=1S/C36H37N3O5S/c40-36(37-31-16-19-43-34-20-25(12-15-30(31)34)24-39-17-6-1-7-18-39)23-32(35-22-28-10-4-5-11-33(28)44-35)38-45(41,42)29-14-13-26-8-2-3-9-27(26)21-29/h2-5,8-15,20-22,31-32,38H,1,6-7,16-19,23-24H2,(H,37,40). The Morgan fingerprint density at radius 3 is 2.47 bits per heavy atom. The Kier molecular flexibility index (Phi) is 8.31. The van der Waals surface area contributed by atoms with Gasteiger partial charge in [0.15, 0.2) is 0 Å². The third-order valence-electron chi connectivity index (χ3n) is 8.81. The molecule has 9 heteroatoms. The molecular weight excluding hydrogens is 586 g/mol. The summed E-state index contributed by atoms with van der Waals surface area (Å²) in [6.07, 6.45) is 4.27. The van der Waals surface area contributed by atoms with Crippen molar-refractivity contribution in [2.24, 2.45) is 0 Å². The van der Waals surface area contributed by atoms with Crippen molar-refractivity contribution >= 4 is 37.7 Å². The van der Waals surface area contributed by atoms with E-state index in [-0.39, 0.29) is 23.3 Å². The number of para-hydroxylation sites is 1. The van der Waals surface area contributed by atoms with Crippen molar-refractivity contribution in [1.29, 1.82) is 0 Å². The molecule has 7 rings (SSSR count). The molecule has 0 spiro atoms. The summed E-state index contributed by atoms with van der Waals surface area (Å²) in [5.41, 5.74) is 2.77. The van der Waals surface area contributed by atoms with Gasteiger partial charge in [0.2, 0.25) is 15.9 Å². The summed E-state index contributed by atoms with van der Waals surface area (Å²) in [5, 5.41) is 5.75. The van der Waals surface area contributed by atoms with Crippen molar-refractivity contribution < 1.29 is 22.4 Å². The number of hydrogen-bond acceptors (Lipinski definition) is 6. The molecule has 1 amide bonds. The van der Waals surface area contributed by atoms with Crippen LogP contribution in [0, 0.1) is 0 Å². The van der Waals surface area contributed by atoms with Crippen LogP contribution in [0.3, 0.4) is 0 Å². The smallest absolute Gasteiger partial charge is 0.241 e. The molecule has 8 nitrogen and oxygen atoms in total. The summed E-state index contributed by atoms with van der Waals surface area (Å²) in [5.74, 6) is 0.897. The minimum absolute atomic E-state index is 0.126. The summed E-state index contributed by atoms with van der Waals surface area (Å²) in [6, 6.07) is 27.0. The van der Waals surface area contributed by atoms with Gasteiger partial charge in [-0.2, -0.15) is 4.72 Å². The van der Waals surface area contributed by atoms with Gasteiger partial charge in [-0.1, -0.05) is 67.1 Å². The summed E-state index contributed by atoms with van der Waals surface area (Å²) in [4.78, 5) is 16.2. The van der Waals surface area contributed by atoms with Crippen LogP contribution in [0.25, 0.3) is 21.7 Å². The molecule has 2 atom stereocenters. The van der Waals surface area contributed by atoms with Gasteiger partial charge in [-0.15, -0.1) is 0 Å². The molecule has 45 heavy (non-hydrogen) atoms. The number of likely N-dealkylation sites (tertiary alicyclic amines) is 1. The number of fused-ring (bicyclic) bond motifs is 3. The van der Waals surface area contributed by atoms with E-state index in [1.165, 1.54) is 24.8 Å². The number of piperidine rings is 1. The van der Waals surface area contributed by atoms with Crippen molar-refractivity contribution in [3.8, 4) is 5.75 Å². The fourth-order valence-electron chi connectivity index (χ4n) is 6.46. The second-order valence-electron chi connectivity index (χ2n) is 12.0. The van der Waals surface area contributed by atoms with Crippen molar-refractivity contribution in [3.05, 3.63) is 108 Å². The van der Waals surface area contributed by atoms with Crippen molar-refractivity contribution in [2.45, 2.75) is 55.6 Å². The minimum atomic E-state index is -4.00. The molecule has 1 fully saturated rings. The maximum absolute atomic E-state index is 13.7. The molecule has 0 radical (unpaired) electrons. The number of benzene rings is 4. The molecular formula is C36H37N3O5S. The number of ether oxygens (including phenoxy) is 1. The van der Waals surface area contributed by atoms with E-state index in [0.29, 0.717) is 24.4 Å². The van der Waals surface area contributed by atoms with Gasteiger partial charge in [-0.3, -0.25) is 9.69 Å². The average molecular weight is 624 g/mol. The van der Waals surface area contributed by atoms with E-state index in [4.69, 9.17) is 9.15 Å². The molecule has 0 aliphatic carbocycles. The molecule has 2 aliphatic rings. The van der Waals surface area contributed by atoms with E-state index in [9.17, 15) is 13.2 Å². The van der Waals surface area contributed by atoms with Crippen LogP contribution in [0.5, 0.6) is 5.75 Å². The largest absolute Gasteiger partial charge is 0.493 e. The molecule has 5 aromatic rings. The van der Waals surface area contributed by atoms with Crippen LogP contribution in [-0.2, 0) is 21.4 Å².